The van der Waals surface area contributed by atoms with Gasteiger partial charge in [-0.1, -0.05) is 75.9 Å². The Balaban J connectivity index is 1.72. The summed E-state index contributed by atoms with van der Waals surface area (Å²) in [6.45, 7) is 6.55. The molecule has 2 rings (SSSR count). The van der Waals surface area contributed by atoms with Crippen molar-refractivity contribution in [3.8, 4) is 0 Å². The van der Waals surface area contributed by atoms with Gasteiger partial charge in [-0.2, -0.15) is 0 Å². The normalized spacial score (nSPS) is 12.7. The third-order valence-corrected chi connectivity index (χ3v) is 6.39. The van der Waals surface area contributed by atoms with Gasteiger partial charge in [-0.05, 0) is 60.1 Å². The molecular formula is C24H31ClO2S. The van der Waals surface area contributed by atoms with Crippen molar-refractivity contribution in [2.45, 2.75) is 74.9 Å². The molecule has 1 atom stereocenters. The molecule has 0 fully saturated rings. The largest absolute Gasteiger partial charge is 0.480 e. The van der Waals surface area contributed by atoms with Crippen LogP contribution in [0.15, 0.2) is 53.4 Å². The zero-order valence-electron chi connectivity index (χ0n) is 17.1. The van der Waals surface area contributed by atoms with Crippen LogP contribution in [0.2, 0.25) is 5.02 Å². The summed E-state index contributed by atoms with van der Waals surface area (Å²) in [4.78, 5) is 12.7. The number of carboxylic acid groups (broad SMARTS) is 1. The predicted octanol–water partition coefficient (Wildman–Crippen LogP) is 7.38. The molecule has 0 bridgehead atoms. The number of unbranched alkanes of at least 4 members (excludes halogenated alkanes) is 3. The highest BCUT2D eigenvalue weighted by molar-refractivity contribution is 8.00. The Morgan fingerprint density at radius 3 is 2.14 bits per heavy atom. The van der Waals surface area contributed by atoms with Gasteiger partial charge in [0.05, 0.1) is 0 Å². The SMILES string of the molecule is CC(C)(C)c1ccc(SC(CCCCCCc2ccc(Cl)cc2)C(=O)O)cc1. The molecule has 2 aromatic rings. The second-order valence-corrected chi connectivity index (χ2v) is 10.0. The van der Waals surface area contributed by atoms with E-state index < -0.39 is 5.97 Å². The van der Waals surface area contributed by atoms with Crippen molar-refractivity contribution in [2.24, 2.45) is 0 Å². The molecule has 0 amide bonds. The van der Waals surface area contributed by atoms with Gasteiger partial charge in [-0.3, -0.25) is 4.79 Å². The van der Waals surface area contributed by atoms with Crippen LogP contribution in [0, 0.1) is 0 Å². The van der Waals surface area contributed by atoms with E-state index in [0.29, 0.717) is 6.42 Å². The highest BCUT2D eigenvalue weighted by Crippen LogP contribution is 2.30. The average molecular weight is 419 g/mol. The first kappa shape index (κ1) is 22.8. The van der Waals surface area contributed by atoms with Gasteiger partial charge in [-0.25, -0.2) is 0 Å². The molecule has 0 saturated heterocycles. The number of aryl methyl sites for hydroxylation is 1. The van der Waals surface area contributed by atoms with Crippen molar-refractivity contribution >= 4 is 29.3 Å². The molecule has 28 heavy (non-hydrogen) atoms. The minimum Gasteiger partial charge on any atom is -0.480 e. The van der Waals surface area contributed by atoms with Crippen LogP contribution in [-0.2, 0) is 16.6 Å². The summed E-state index contributed by atoms with van der Waals surface area (Å²) in [6, 6.07) is 16.3. The van der Waals surface area contributed by atoms with E-state index in [2.05, 4.69) is 45.0 Å². The predicted molar refractivity (Wildman–Crippen MR) is 121 cm³/mol. The molecule has 0 saturated carbocycles. The van der Waals surface area contributed by atoms with Crippen LogP contribution in [0.1, 0.15) is 64.0 Å². The maximum atomic E-state index is 11.6. The van der Waals surface area contributed by atoms with Gasteiger partial charge in [0.15, 0.2) is 0 Å². The fraction of sp³-hybridized carbons (Fsp3) is 0.458. The summed E-state index contributed by atoms with van der Waals surface area (Å²) in [5, 5.41) is 9.95. The second-order valence-electron chi connectivity index (χ2n) is 8.30. The van der Waals surface area contributed by atoms with E-state index in [4.69, 9.17) is 11.6 Å². The molecule has 4 heteroatoms. The minimum absolute atomic E-state index is 0.113. The highest BCUT2D eigenvalue weighted by Gasteiger charge is 2.19. The van der Waals surface area contributed by atoms with Gasteiger partial charge in [0.2, 0.25) is 0 Å². The molecule has 0 aliphatic carbocycles. The molecule has 0 spiro atoms. The number of rotatable bonds is 10. The second kappa shape index (κ2) is 10.9. The Kier molecular flexibility index (Phi) is 8.91. The molecule has 0 heterocycles. The Morgan fingerprint density at radius 1 is 0.964 bits per heavy atom. The molecule has 2 nitrogen and oxygen atoms in total. The third-order valence-electron chi connectivity index (χ3n) is 4.87. The highest BCUT2D eigenvalue weighted by atomic mass is 35.5. The fourth-order valence-electron chi connectivity index (χ4n) is 3.09. The van der Waals surface area contributed by atoms with Crippen LogP contribution < -0.4 is 0 Å². The van der Waals surface area contributed by atoms with Crippen molar-refractivity contribution < 1.29 is 9.90 Å². The van der Waals surface area contributed by atoms with E-state index in [-0.39, 0.29) is 10.7 Å². The maximum Gasteiger partial charge on any atom is 0.316 e. The van der Waals surface area contributed by atoms with E-state index in [1.807, 2.05) is 24.3 Å². The zero-order chi connectivity index (χ0) is 20.6. The van der Waals surface area contributed by atoms with Crippen molar-refractivity contribution in [2.75, 3.05) is 0 Å². The van der Waals surface area contributed by atoms with Gasteiger partial charge in [0.1, 0.15) is 5.25 Å². The standard InChI is InChI=1S/C24H31ClO2S/c1-24(2,3)19-12-16-21(17-13-19)28-22(23(26)27)9-7-5-4-6-8-18-10-14-20(25)15-11-18/h10-17,22H,4-9H2,1-3H3,(H,26,27). The van der Waals surface area contributed by atoms with Crippen LogP contribution in [0.25, 0.3) is 0 Å². The first-order chi connectivity index (χ1) is 13.3. The first-order valence-electron chi connectivity index (χ1n) is 10.00. The molecule has 1 unspecified atom stereocenters. The number of carbonyl (C=O) groups is 1. The van der Waals surface area contributed by atoms with Gasteiger partial charge in [0.25, 0.3) is 0 Å². The number of carboxylic acids is 1. The Labute approximate surface area is 178 Å². The molecule has 1 N–H and O–H groups in total. The molecule has 0 aliphatic heterocycles. The number of benzene rings is 2. The van der Waals surface area contributed by atoms with E-state index >= 15 is 0 Å². The van der Waals surface area contributed by atoms with E-state index in [0.717, 1.165) is 42.0 Å². The van der Waals surface area contributed by atoms with Gasteiger partial charge >= 0.3 is 5.97 Å². The summed E-state index contributed by atoms with van der Waals surface area (Å²) in [5.41, 5.74) is 2.69. The minimum atomic E-state index is -0.717. The topological polar surface area (TPSA) is 37.3 Å². The smallest absolute Gasteiger partial charge is 0.316 e. The number of hydrogen-bond acceptors (Lipinski definition) is 2. The number of thioether (sulfide) groups is 1. The number of hydrogen-bond donors (Lipinski definition) is 1. The third kappa shape index (κ3) is 7.89. The van der Waals surface area contributed by atoms with Crippen LogP contribution in [0.4, 0.5) is 0 Å². The van der Waals surface area contributed by atoms with Crippen molar-refractivity contribution in [1.82, 2.24) is 0 Å². The lowest BCUT2D eigenvalue weighted by Gasteiger charge is -2.19. The van der Waals surface area contributed by atoms with E-state index in [9.17, 15) is 9.90 Å². The summed E-state index contributed by atoms with van der Waals surface area (Å²) in [5.74, 6) is -0.717. The summed E-state index contributed by atoms with van der Waals surface area (Å²) < 4.78 is 0. The molecular weight excluding hydrogens is 388 g/mol. The van der Waals surface area contributed by atoms with Gasteiger partial charge < -0.3 is 5.11 Å². The van der Waals surface area contributed by atoms with E-state index in [1.165, 1.54) is 22.9 Å². The van der Waals surface area contributed by atoms with Gasteiger partial charge in [-0.15, -0.1) is 11.8 Å². The van der Waals surface area contributed by atoms with Crippen LogP contribution in [0.3, 0.4) is 0 Å². The van der Waals surface area contributed by atoms with Gasteiger partial charge in [0, 0.05) is 9.92 Å². The Bertz CT molecular complexity index is 733. The maximum absolute atomic E-state index is 11.6. The summed E-state index contributed by atoms with van der Waals surface area (Å²) in [6.07, 6.45) is 6.03. The number of halogens is 1. The Hall–Kier alpha value is -1.45. The quantitative estimate of drug-likeness (QED) is 0.323. The van der Waals surface area contributed by atoms with Crippen LogP contribution >= 0.6 is 23.4 Å². The molecule has 0 radical (unpaired) electrons. The van der Waals surface area contributed by atoms with Crippen LogP contribution in [-0.4, -0.2) is 16.3 Å². The lowest BCUT2D eigenvalue weighted by Crippen LogP contribution is -2.16. The first-order valence-corrected chi connectivity index (χ1v) is 11.3. The Morgan fingerprint density at radius 2 is 1.57 bits per heavy atom. The van der Waals surface area contributed by atoms with Crippen LogP contribution in [0.5, 0.6) is 0 Å². The van der Waals surface area contributed by atoms with Crippen molar-refractivity contribution in [3.63, 3.8) is 0 Å². The van der Waals surface area contributed by atoms with Crippen molar-refractivity contribution in [1.29, 1.82) is 0 Å². The molecule has 152 valence electrons. The number of aliphatic carboxylic acids is 1. The summed E-state index contributed by atoms with van der Waals surface area (Å²) in [7, 11) is 0. The van der Waals surface area contributed by atoms with E-state index in [1.54, 1.807) is 0 Å². The molecule has 0 aromatic heterocycles. The lowest BCUT2D eigenvalue weighted by molar-refractivity contribution is -0.136. The summed E-state index contributed by atoms with van der Waals surface area (Å²) >= 11 is 7.37. The van der Waals surface area contributed by atoms with Crippen molar-refractivity contribution in [3.05, 3.63) is 64.7 Å². The lowest BCUT2D eigenvalue weighted by atomic mass is 9.87. The molecule has 0 aliphatic rings. The zero-order valence-corrected chi connectivity index (χ0v) is 18.7. The molecule has 2 aromatic carbocycles. The fourth-order valence-corrected chi connectivity index (χ4v) is 4.23. The average Bonchev–Trinajstić information content (AvgIpc) is 2.64. The monoisotopic (exact) mass is 418 g/mol.